The van der Waals surface area contributed by atoms with Crippen molar-refractivity contribution in [2.75, 3.05) is 13.2 Å². The average Bonchev–Trinajstić information content (AvgIpc) is 2.46. The van der Waals surface area contributed by atoms with Gasteiger partial charge in [-0.25, -0.2) is 0 Å². The number of amides is 2. The third-order valence-corrected chi connectivity index (χ3v) is 3.06. The SMILES string of the molecule is CC(=O)NC(CC(=O)NCCCOC(C)C)c1ccccc1. The van der Waals surface area contributed by atoms with Crippen LogP contribution in [0.2, 0.25) is 0 Å². The van der Waals surface area contributed by atoms with Gasteiger partial charge >= 0.3 is 0 Å². The van der Waals surface area contributed by atoms with Gasteiger partial charge in [-0.1, -0.05) is 30.3 Å². The van der Waals surface area contributed by atoms with E-state index >= 15 is 0 Å². The van der Waals surface area contributed by atoms with Crippen LogP contribution in [0.25, 0.3) is 0 Å². The van der Waals surface area contributed by atoms with E-state index in [1.807, 2.05) is 44.2 Å². The molecule has 2 amide bonds. The van der Waals surface area contributed by atoms with Crippen LogP contribution in [0.4, 0.5) is 0 Å². The molecular formula is C17H26N2O3. The minimum absolute atomic E-state index is 0.0767. The highest BCUT2D eigenvalue weighted by atomic mass is 16.5. The van der Waals surface area contributed by atoms with Crippen molar-refractivity contribution in [1.29, 1.82) is 0 Å². The van der Waals surface area contributed by atoms with E-state index in [0.29, 0.717) is 13.2 Å². The van der Waals surface area contributed by atoms with Crippen LogP contribution in [0.15, 0.2) is 30.3 Å². The van der Waals surface area contributed by atoms with Crippen LogP contribution in [0, 0.1) is 0 Å². The number of carbonyl (C=O) groups is 2. The lowest BCUT2D eigenvalue weighted by Gasteiger charge is -2.18. The van der Waals surface area contributed by atoms with Gasteiger partial charge in [0.25, 0.3) is 0 Å². The van der Waals surface area contributed by atoms with E-state index in [2.05, 4.69) is 10.6 Å². The molecule has 5 nitrogen and oxygen atoms in total. The molecule has 1 unspecified atom stereocenters. The lowest BCUT2D eigenvalue weighted by Crippen LogP contribution is -2.33. The van der Waals surface area contributed by atoms with Gasteiger partial charge in [-0.05, 0) is 25.8 Å². The van der Waals surface area contributed by atoms with Gasteiger partial charge < -0.3 is 15.4 Å². The summed E-state index contributed by atoms with van der Waals surface area (Å²) >= 11 is 0. The Morgan fingerprint density at radius 3 is 2.45 bits per heavy atom. The molecule has 2 N–H and O–H groups in total. The Labute approximate surface area is 132 Å². The fourth-order valence-corrected chi connectivity index (χ4v) is 2.06. The third kappa shape index (κ3) is 7.78. The maximum Gasteiger partial charge on any atom is 0.222 e. The topological polar surface area (TPSA) is 67.4 Å². The number of ether oxygens (including phenoxy) is 1. The van der Waals surface area contributed by atoms with Crippen LogP contribution in [-0.4, -0.2) is 31.1 Å². The highest BCUT2D eigenvalue weighted by Gasteiger charge is 2.16. The normalized spacial score (nSPS) is 12.0. The summed E-state index contributed by atoms with van der Waals surface area (Å²) in [4.78, 5) is 23.3. The van der Waals surface area contributed by atoms with Gasteiger partial charge in [0.1, 0.15) is 0 Å². The molecule has 0 fully saturated rings. The largest absolute Gasteiger partial charge is 0.379 e. The molecule has 122 valence electrons. The molecule has 22 heavy (non-hydrogen) atoms. The monoisotopic (exact) mass is 306 g/mol. The summed E-state index contributed by atoms with van der Waals surface area (Å²) in [6.07, 6.45) is 1.22. The van der Waals surface area contributed by atoms with Crippen molar-refractivity contribution in [2.45, 2.75) is 45.8 Å². The Morgan fingerprint density at radius 2 is 1.86 bits per heavy atom. The predicted octanol–water partition coefficient (Wildman–Crippen LogP) is 2.19. The maximum absolute atomic E-state index is 12.0. The molecule has 0 aliphatic heterocycles. The van der Waals surface area contributed by atoms with Crippen LogP contribution >= 0.6 is 0 Å². The summed E-state index contributed by atoms with van der Waals surface area (Å²) in [6, 6.07) is 9.21. The van der Waals surface area contributed by atoms with Gasteiger partial charge in [0.15, 0.2) is 0 Å². The summed E-state index contributed by atoms with van der Waals surface area (Å²) in [5, 5.41) is 5.68. The minimum atomic E-state index is -0.300. The van der Waals surface area contributed by atoms with Crippen LogP contribution in [-0.2, 0) is 14.3 Å². The fourth-order valence-electron chi connectivity index (χ4n) is 2.06. The summed E-state index contributed by atoms with van der Waals surface area (Å²) in [5.41, 5.74) is 0.927. The molecule has 0 radical (unpaired) electrons. The van der Waals surface area contributed by atoms with Crippen molar-refractivity contribution in [3.05, 3.63) is 35.9 Å². The number of nitrogens with one attached hydrogen (secondary N) is 2. The van der Waals surface area contributed by atoms with Crippen LogP contribution < -0.4 is 10.6 Å². The van der Waals surface area contributed by atoms with E-state index in [4.69, 9.17) is 4.74 Å². The standard InChI is InChI=1S/C17H26N2O3/c1-13(2)22-11-7-10-18-17(21)12-16(19-14(3)20)15-8-5-4-6-9-15/h4-6,8-9,13,16H,7,10-12H2,1-3H3,(H,18,21)(H,19,20). The van der Waals surface area contributed by atoms with Crippen molar-refractivity contribution >= 4 is 11.8 Å². The number of benzene rings is 1. The number of hydrogen-bond acceptors (Lipinski definition) is 3. The number of rotatable bonds is 9. The molecule has 0 saturated heterocycles. The van der Waals surface area contributed by atoms with E-state index in [9.17, 15) is 9.59 Å². The van der Waals surface area contributed by atoms with E-state index in [1.54, 1.807) is 0 Å². The molecule has 0 spiro atoms. The Kier molecular flexibility index (Phi) is 8.22. The van der Waals surface area contributed by atoms with Crippen molar-refractivity contribution in [2.24, 2.45) is 0 Å². The van der Waals surface area contributed by atoms with Crippen molar-refractivity contribution in [3.8, 4) is 0 Å². The van der Waals surface area contributed by atoms with Gasteiger partial charge in [-0.2, -0.15) is 0 Å². The molecule has 0 aromatic heterocycles. The van der Waals surface area contributed by atoms with Crippen molar-refractivity contribution < 1.29 is 14.3 Å². The lowest BCUT2D eigenvalue weighted by molar-refractivity contribution is -0.122. The zero-order chi connectivity index (χ0) is 16.4. The Bertz CT molecular complexity index is 460. The second kappa shape index (κ2) is 9.95. The van der Waals surface area contributed by atoms with Gasteiger partial charge in [0.05, 0.1) is 18.6 Å². The number of carbonyl (C=O) groups excluding carboxylic acids is 2. The first-order valence-corrected chi connectivity index (χ1v) is 7.69. The van der Waals surface area contributed by atoms with E-state index in [1.165, 1.54) is 6.92 Å². The highest BCUT2D eigenvalue weighted by Crippen LogP contribution is 2.16. The van der Waals surface area contributed by atoms with Gasteiger partial charge in [-0.15, -0.1) is 0 Å². The molecule has 0 aliphatic rings. The minimum Gasteiger partial charge on any atom is -0.379 e. The molecular weight excluding hydrogens is 280 g/mol. The van der Waals surface area contributed by atoms with Crippen molar-refractivity contribution in [1.82, 2.24) is 10.6 Å². The fraction of sp³-hybridized carbons (Fsp3) is 0.529. The number of hydrogen-bond donors (Lipinski definition) is 2. The van der Waals surface area contributed by atoms with Gasteiger partial charge in [-0.3, -0.25) is 9.59 Å². The summed E-state index contributed by atoms with van der Waals surface area (Å²) in [6.45, 7) is 6.63. The van der Waals surface area contributed by atoms with E-state index in [0.717, 1.165) is 12.0 Å². The quantitative estimate of drug-likeness (QED) is 0.687. The van der Waals surface area contributed by atoms with Crippen molar-refractivity contribution in [3.63, 3.8) is 0 Å². The van der Waals surface area contributed by atoms with Crippen LogP contribution in [0.5, 0.6) is 0 Å². The maximum atomic E-state index is 12.0. The molecule has 0 bridgehead atoms. The molecule has 0 saturated carbocycles. The smallest absolute Gasteiger partial charge is 0.222 e. The first kappa shape index (κ1) is 18.2. The Hall–Kier alpha value is -1.88. The molecule has 1 aromatic rings. The van der Waals surface area contributed by atoms with E-state index < -0.39 is 0 Å². The Morgan fingerprint density at radius 1 is 1.18 bits per heavy atom. The first-order valence-electron chi connectivity index (χ1n) is 7.69. The van der Waals surface area contributed by atoms with E-state index in [-0.39, 0.29) is 30.4 Å². The second-order valence-corrected chi connectivity index (χ2v) is 5.49. The average molecular weight is 306 g/mol. The molecule has 0 aliphatic carbocycles. The highest BCUT2D eigenvalue weighted by molar-refractivity contribution is 5.79. The van der Waals surface area contributed by atoms with Crippen LogP contribution in [0.1, 0.15) is 45.2 Å². The molecule has 1 atom stereocenters. The summed E-state index contributed by atoms with van der Waals surface area (Å²) in [5.74, 6) is -0.223. The molecule has 1 rings (SSSR count). The second-order valence-electron chi connectivity index (χ2n) is 5.49. The summed E-state index contributed by atoms with van der Waals surface area (Å²) in [7, 11) is 0. The zero-order valence-corrected chi connectivity index (χ0v) is 13.6. The zero-order valence-electron chi connectivity index (χ0n) is 13.6. The molecule has 0 heterocycles. The summed E-state index contributed by atoms with van der Waals surface area (Å²) < 4.78 is 5.42. The Balaban J connectivity index is 2.42. The lowest BCUT2D eigenvalue weighted by atomic mass is 10.0. The predicted molar refractivity (Wildman–Crippen MR) is 86.3 cm³/mol. The molecule has 1 aromatic carbocycles. The first-order chi connectivity index (χ1) is 10.5. The molecule has 5 heteroatoms. The van der Waals surface area contributed by atoms with Gasteiger partial charge in [0.2, 0.25) is 11.8 Å². The van der Waals surface area contributed by atoms with Gasteiger partial charge in [0, 0.05) is 20.1 Å². The van der Waals surface area contributed by atoms with Crippen LogP contribution in [0.3, 0.4) is 0 Å². The third-order valence-electron chi connectivity index (χ3n) is 3.06.